The molecule has 2 aromatic carbocycles. The fourth-order valence-corrected chi connectivity index (χ4v) is 19.0. The largest absolute Gasteiger partial charge is 0.335 e. The molecular formula is C24H28B64N2O2P2. The van der Waals surface area contributed by atoms with Crippen molar-refractivity contribution in [1.29, 1.82) is 0 Å². The molecule has 0 amide bonds. The number of rotatable bonds is 30. The van der Waals surface area contributed by atoms with Crippen LogP contribution in [-0.4, -0.2) is 487 Å². The summed E-state index contributed by atoms with van der Waals surface area (Å²) in [6.07, 6.45) is -43.2. The highest BCUT2D eigenvalue weighted by molar-refractivity contribution is 8.38. The van der Waals surface area contributed by atoms with E-state index in [0.717, 1.165) is 12.8 Å². The van der Waals surface area contributed by atoms with Crippen molar-refractivity contribution in [2.45, 2.75) is 38.9 Å². The monoisotopic (exact) mass is 1140 g/mol. The lowest BCUT2D eigenvalue weighted by atomic mass is 8.22. The summed E-state index contributed by atoms with van der Waals surface area (Å²) < 4.78 is 16.5. The Bertz CT molecular complexity index is 2590. The minimum absolute atomic E-state index is 0.359. The van der Waals surface area contributed by atoms with E-state index < -0.39 is 215 Å². The molecule has 70 heteroatoms. The van der Waals surface area contributed by atoms with Crippen molar-refractivity contribution in [3.8, 4) is 0 Å². The van der Waals surface area contributed by atoms with E-state index in [-0.39, 0.29) is 0 Å². The van der Waals surface area contributed by atoms with Crippen molar-refractivity contribution in [2.75, 3.05) is 13.3 Å². The van der Waals surface area contributed by atoms with Gasteiger partial charge in [0.05, 0.1) is 23.2 Å². The molecule has 0 bridgehead atoms. The van der Waals surface area contributed by atoms with Crippen LogP contribution in [0.15, 0.2) is 60.7 Å². The van der Waals surface area contributed by atoms with Crippen LogP contribution in [0, 0.1) is 0 Å². The molecule has 2 aliphatic heterocycles. The van der Waals surface area contributed by atoms with E-state index in [1.807, 2.05) is 0 Å². The van der Waals surface area contributed by atoms with Gasteiger partial charge >= 0.3 is 0 Å². The van der Waals surface area contributed by atoms with Crippen molar-refractivity contribution in [2.24, 2.45) is 0 Å². The maximum atomic E-state index is 6.92. The molecule has 0 fully saturated rings. The van der Waals surface area contributed by atoms with Gasteiger partial charge in [-0.25, -0.2) is 0 Å². The lowest BCUT2D eigenvalue weighted by molar-refractivity contribution is 0.233. The summed E-state index contributed by atoms with van der Waals surface area (Å²) in [6, 6.07) is 21.7. The summed E-state index contributed by atoms with van der Waals surface area (Å²) in [5.41, 5.74) is 5.47. The fraction of sp³-hybridized carbons (Fsp3) is 0.333. The predicted octanol–water partition coefficient (Wildman–Crippen LogP) is -17.6. The Balaban J connectivity index is 0.000000491. The minimum atomic E-state index is -1.60. The van der Waals surface area contributed by atoms with Crippen molar-refractivity contribution in [3.05, 3.63) is 72.1 Å². The van der Waals surface area contributed by atoms with Crippen molar-refractivity contribution in [1.82, 2.24) is 8.68 Å². The van der Waals surface area contributed by atoms with E-state index in [2.05, 4.69) is 96.5 Å². The quantitative estimate of drug-likeness (QED) is 0.0384. The zero-order chi connectivity index (χ0) is 71.7. The first-order valence-electron chi connectivity index (χ1n) is 31.5. The highest BCUT2D eigenvalue weighted by atomic mass is 31.2. The lowest BCUT2D eigenvalue weighted by Gasteiger charge is -2.59. The van der Waals surface area contributed by atoms with Crippen LogP contribution in [0.2, 0.25) is 0 Å². The molecule has 0 spiro atoms. The van der Waals surface area contributed by atoms with Crippen LogP contribution < -0.4 is 0 Å². The SMILES string of the molecule is CC1Cc2cc3ccccc3n2P(C)O1.CC1Cc2cc3ccccc3n2P(C)O1.[B]B([B])B([B])B(B([B])[B])B(B(B([B])[B])B([B])[B])B(B(B(B([B])[B])B([B])[B])B(B([B])[B])B([B])[B])B(B(B(B([B])[B])B([B])[B])B(B([B])[B])B([B])[B])B(B(B([B])[B])B([B])[B])B(B([B])[B])B([B])[B]. The van der Waals surface area contributed by atoms with Crippen LogP contribution in [0.4, 0.5) is 0 Å². The molecule has 4 heterocycles. The fourth-order valence-electron chi connectivity index (χ4n) is 15.7. The molecule has 94 heavy (non-hydrogen) atoms. The highest BCUT2D eigenvalue weighted by Crippen LogP contribution is 2.47. The molecule has 0 N–H and O–H groups in total. The second-order valence-electron chi connectivity index (χ2n) is 26.1. The number of hydrogen-bond donors (Lipinski definition) is 0. The van der Waals surface area contributed by atoms with Gasteiger partial charge in [-0.15, -0.1) is 0 Å². The van der Waals surface area contributed by atoms with Crippen molar-refractivity contribution >= 4 is 492 Å². The lowest BCUT2D eigenvalue weighted by Crippen LogP contribution is -2.97. The first kappa shape index (κ1) is 88.9. The standard InChI is InChI=1S/2C12H14NOP.B64/c2*1-9-7-11-8-10-5-3-4-6-12(10)13(11)15(2)14-9;1-34(2)50(33)58(49(31)32)62(57(47(27)28)48(29)30)64(61(55(43(19)20)44(21)22)56(45(23)24)46(25)26)63(59(51(35(3)4)36(5)6)52(37(7)8)38(9)10)60(53(39(11)12)40(13)14)54(41(15)16)42(17)18/h2*3-6,8-9H,7H2,1-2H3;. The van der Waals surface area contributed by atoms with Gasteiger partial charge in [-0.1, -0.05) is 36.4 Å². The Morgan fingerprint density at radius 2 is 0.479 bits per heavy atom. The van der Waals surface area contributed by atoms with E-state index in [1.165, 1.54) is 33.2 Å². The van der Waals surface area contributed by atoms with Crippen molar-refractivity contribution in [3.63, 3.8) is 0 Å². The first-order chi connectivity index (χ1) is 43.6. The average Bonchev–Trinajstić information content (AvgIpc) is 0.885. The Hall–Kier alpha value is 2.46. The molecule has 6 rings (SSSR count). The van der Waals surface area contributed by atoms with Gasteiger partial charge in [-0.3, -0.25) is 0 Å². The number of para-hydroxylation sites is 2. The second-order valence-corrected chi connectivity index (χ2v) is 29.2. The summed E-state index contributed by atoms with van der Waals surface area (Å²) in [4.78, 5) is 0. The number of hydrogen-bond acceptors (Lipinski definition) is 2. The summed E-state index contributed by atoms with van der Waals surface area (Å²) in [5, 5.41) is 2.67. The third-order valence-corrected chi connectivity index (χ3v) is 22.5. The molecular weight excluding hydrogens is 1100 g/mol. The van der Waals surface area contributed by atoms with Crippen LogP contribution in [0.5, 0.6) is 0 Å². The Kier molecular flexibility index (Phi) is 38.0. The molecule has 0 saturated heterocycles. The summed E-state index contributed by atoms with van der Waals surface area (Å²) in [6.45, 7) is 8.67. The number of aromatic nitrogens is 2. The van der Waals surface area contributed by atoms with Gasteiger partial charge in [0, 0.05) is 488 Å². The molecule has 0 saturated carbocycles. The Morgan fingerprint density at radius 3 is 0.681 bits per heavy atom. The third kappa shape index (κ3) is 22.3. The Labute approximate surface area is 628 Å². The van der Waals surface area contributed by atoms with Crippen LogP contribution in [0.25, 0.3) is 21.8 Å². The molecule has 0 aliphatic carbocycles. The molecule has 2 aromatic heterocycles. The maximum Gasteiger partial charge on any atom is 0.133 e. The van der Waals surface area contributed by atoms with Gasteiger partial charge in [0.2, 0.25) is 0 Å². The van der Waals surface area contributed by atoms with Gasteiger partial charge in [0.25, 0.3) is 0 Å². The van der Waals surface area contributed by atoms with Gasteiger partial charge < -0.3 is 17.7 Å². The van der Waals surface area contributed by atoms with Gasteiger partial charge in [0.1, 0.15) is 16.6 Å². The van der Waals surface area contributed by atoms with E-state index >= 15 is 0 Å². The third-order valence-electron chi connectivity index (χ3n) is 19.1. The normalized spacial score (nSPS) is 14.8. The Morgan fingerprint density at radius 1 is 0.287 bits per heavy atom. The average molecular weight is 1130 g/mol. The number of benzene rings is 2. The van der Waals surface area contributed by atoms with E-state index in [0.29, 0.717) is 12.2 Å². The maximum absolute atomic E-state index is 6.92. The van der Waals surface area contributed by atoms with Gasteiger partial charge in [-0.05, 0) is 51.4 Å². The van der Waals surface area contributed by atoms with Crippen LogP contribution >= 0.6 is 16.6 Å². The molecule has 4 atom stereocenters. The van der Waals surface area contributed by atoms with E-state index in [1.54, 1.807) is 0 Å². The zero-order valence-electron chi connectivity index (χ0n) is 54.9. The zero-order valence-corrected chi connectivity index (χ0v) is 56.7. The number of fused-ring (bicyclic) bond motifs is 6. The second kappa shape index (κ2) is 40.3. The summed E-state index contributed by atoms with van der Waals surface area (Å²) in [5.74, 6) is 0. The van der Waals surface area contributed by atoms with Gasteiger partial charge in [-0.2, -0.15) is 0 Å². The van der Waals surface area contributed by atoms with Crippen LogP contribution in [0.3, 0.4) is 0 Å². The molecule has 66 radical (unpaired) electrons. The smallest absolute Gasteiger partial charge is 0.133 e. The highest BCUT2D eigenvalue weighted by Gasteiger charge is 2.63. The molecule has 4 unspecified atom stereocenters. The summed E-state index contributed by atoms with van der Waals surface area (Å²) in [7, 11) is 218. The predicted molar refractivity (Wildman–Crippen MR) is 497 cm³/mol. The van der Waals surface area contributed by atoms with Crippen molar-refractivity contribution < 1.29 is 9.05 Å². The topological polar surface area (TPSA) is 28.3 Å². The van der Waals surface area contributed by atoms with Crippen LogP contribution in [-0.2, 0) is 21.9 Å². The van der Waals surface area contributed by atoms with Gasteiger partial charge in [0.15, 0.2) is 0 Å². The van der Waals surface area contributed by atoms with E-state index in [9.17, 15) is 0 Å². The molecule has 348 valence electrons. The van der Waals surface area contributed by atoms with E-state index in [4.69, 9.17) is 264 Å². The van der Waals surface area contributed by atoms with Crippen LogP contribution in [0.1, 0.15) is 25.2 Å². The molecule has 4 nitrogen and oxygen atoms in total. The number of nitrogens with zero attached hydrogens (tertiary/aromatic N) is 2. The minimum Gasteiger partial charge on any atom is -0.335 e. The molecule has 2 aliphatic rings. The molecule has 4 aromatic rings. The first-order valence-corrected chi connectivity index (χ1v) is 34.8. The summed E-state index contributed by atoms with van der Waals surface area (Å²) >= 11 is 0.